The Kier molecular flexibility index (Phi) is 14.1. The highest BCUT2D eigenvalue weighted by Crippen LogP contribution is 2.49. The van der Waals surface area contributed by atoms with Crippen LogP contribution < -0.4 is 10.2 Å². The molecule has 6 nitrogen and oxygen atoms in total. The zero-order valence-corrected chi connectivity index (χ0v) is 37.4. The number of benzene rings is 6. The summed E-state index contributed by atoms with van der Waals surface area (Å²) in [7, 11) is 0. The number of nitro benzene ring substituents is 1. The van der Waals surface area contributed by atoms with E-state index in [1.54, 1.807) is 12.1 Å². The number of allylic oxidation sites excluding steroid dienone is 6. The van der Waals surface area contributed by atoms with Gasteiger partial charge in [-0.05, 0) is 125 Å². The molecule has 318 valence electrons. The van der Waals surface area contributed by atoms with Crippen LogP contribution in [-0.2, 0) is 23.7 Å². The first-order valence-electron chi connectivity index (χ1n) is 21.9. The van der Waals surface area contributed by atoms with Crippen molar-refractivity contribution in [3.05, 3.63) is 219 Å². The van der Waals surface area contributed by atoms with Crippen LogP contribution in [0.5, 0.6) is 0 Å². The summed E-state index contributed by atoms with van der Waals surface area (Å²) in [4.78, 5) is 14.1. The summed E-state index contributed by atoms with van der Waals surface area (Å²) in [5.41, 5.74) is 11.8. The van der Waals surface area contributed by atoms with Gasteiger partial charge in [-0.3, -0.25) is 10.1 Å². The number of nitriles is 1. The van der Waals surface area contributed by atoms with Crippen molar-refractivity contribution >= 4 is 28.7 Å². The average Bonchev–Trinajstić information content (AvgIpc) is 3.51. The zero-order chi connectivity index (χ0) is 44.4. The molecule has 6 aromatic rings. The molecule has 0 saturated carbocycles. The molecule has 7 heteroatoms. The van der Waals surface area contributed by atoms with Crippen molar-refractivity contribution in [2.45, 2.75) is 70.6 Å². The predicted molar refractivity (Wildman–Crippen MR) is 262 cm³/mol. The first-order valence-corrected chi connectivity index (χ1v) is 22.3. The smallest absolute Gasteiger partial charge is 0.269 e. The van der Waals surface area contributed by atoms with E-state index in [9.17, 15) is 15.4 Å². The van der Waals surface area contributed by atoms with E-state index in [2.05, 4.69) is 135 Å². The fourth-order valence-corrected chi connectivity index (χ4v) is 9.22. The topological polar surface area (TPSA) is 82.2 Å². The highest BCUT2D eigenvalue weighted by molar-refractivity contribution is 6.30. The van der Waals surface area contributed by atoms with Gasteiger partial charge in [-0.2, -0.15) is 5.26 Å². The quantitative estimate of drug-likeness (QED) is 0.0428. The highest BCUT2D eigenvalue weighted by Gasteiger charge is 2.40. The van der Waals surface area contributed by atoms with Gasteiger partial charge in [-0.15, -0.1) is 0 Å². The lowest BCUT2D eigenvalue weighted by molar-refractivity contribution is -0.384. The second-order valence-corrected chi connectivity index (χ2v) is 17.4. The van der Waals surface area contributed by atoms with Crippen LogP contribution >= 0.6 is 11.6 Å². The van der Waals surface area contributed by atoms with Crippen molar-refractivity contribution in [2.75, 3.05) is 23.3 Å². The van der Waals surface area contributed by atoms with E-state index in [-0.39, 0.29) is 16.0 Å². The molecule has 1 heterocycles. The van der Waals surface area contributed by atoms with E-state index >= 15 is 0 Å². The summed E-state index contributed by atoms with van der Waals surface area (Å²) in [5.74, 6) is 0. The van der Waals surface area contributed by atoms with E-state index in [4.69, 9.17) is 11.6 Å². The Morgan fingerprint density at radius 3 is 2.13 bits per heavy atom. The summed E-state index contributed by atoms with van der Waals surface area (Å²) in [6.07, 6.45) is 11.6. The van der Waals surface area contributed by atoms with Gasteiger partial charge in [0.05, 0.1) is 16.6 Å². The van der Waals surface area contributed by atoms with Crippen molar-refractivity contribution < 1.29 is 4.92 Å². The van der Waals surface area contributed by atoms with Crippen LogP contribution in [0.3, 0.4) is 0 Å². The fraction of sp³-hybridized carbons (Fsp3) is 0.232. The Hall–Kier alpha value is -6.68. The second-order valence-electron chi connectivity index (χ2n) is 17.0. The van der Waals surface area contributed by atoms with E-state index in [1.165, 1.54) is 28.4 Å². The number of nitrogens with zero attached hydrogens (tertiary/aromatic N) is 3. The third-order valence-electron chi connectivity index (χ3n) is 12.2. The summed E-state index contributed by atoms with van der Waals surface area (Å²) in [5, 5.41) is 26.9. The molecule has 6 aromatic carbocycles. The van der Waals surface area contributed by atoms with Gasteiger partial charge in [0, 0.05) is 58.1 Å². The van der Waals surface area contributed by atoms with E-state index in [0.29, 0.717) is 29.9 Å². The lowest BCUT2D eigenvalue weighted by Crippen LogP contribution is -2.33. The molecule has 1 aliphatic heterocycles. The molecule has 0 spiro atoms. The minimum atomic E-state index is -0.635. The number of halogens is 1. The molecule has 0 saturated heterocycles. The minimum Gasteiger partial charge on any atom is -0.385 e. The van der Waals surface area contributed by atoms with Gasteiger partial charge in [0.1, 0.15) is 0 Å². The van der Waals surface area contributed by atoms with Gasteiger partial charge in [0.25, 0.3) is 5.69 Å². The maximum Gasteiger partial charge on any atom is 0.269 e. The third-order valence-corrected chi connectivity index (χ3v) is 12.4. The van der Waals surface area contributed by atoms with Crippen LogP contribution in [0.4, 0.5) is 17.1 Å². The molecule has 0 aliphatic carbocycles. The molecular formula is C56H55ClN4O2. The van der Waals surface area contributed by atoms with Crippen molar-refractivity contribution in [3.8, 4) is 28.3 Å². The van der Waals surface area contributed by atoms with E-state index in [1.807, 2.05) is 60.7 Å². The van der Waals surface area contributed by atoms with Crippen LogP contribution in [0.1, 0.15) is 69.2 Å². The number of nitrogens with one attached hydrogen (secondary N) is 1. The third kappa shape index (κ3) is 10.2. The van der Waals surface area contributed by atoms with Gasteiger partial charge in [0.15, 0.2) is 0 Å². The Morgan fingerprint density at radius 2 is 1.46 bits per heavy atom. The Bertz CT molecular complexity index is 2680. The normalized spacial score (nSPS) is 15.0. The van der Waals surface area contributed by atoms with Gasteiger partial charge in [-0.25, -0.2) is 0 Å². The first-order chi connectivity index (χ1) is 30.5. The van der Waals surface area contributed by atoms with Gasteiger partial charge in [0.2, 0.25) is 0 Å². The lowest BCUT2D eigenvalue weighted by atomic mass is 9.68. The number of rotatable bonds is 17. The number of nitro groups is 1. The number of anilines is 2. The van der Waals surface area contributed by atoms with E-state index < -0.39 is 5.41 Å². The molecule has 0 aromatic heterocycles. The van der Waals surface area contributed by atoms with Crippen LogP contribution in [0.25, 0.3) is 22.3 Å². The molecule has 0 radical (unpaired) electrons. The van der Waals surface area contributed by atoms with Crippen LogP contribution in [0, 0.1) is 21.4 Å². The largest absolute Gasteiger partial charge is 0.385 e. The Labute approximate surface area is 378 Å². The van der Waals surface area contributed by atoms with Crippen molar-refractivity contribution in [1.82, 2.24) is 0 Å². The van der Waals surface area contributed by atoms with Crippen LogP contribution in [-0.4, -0.2) is 18.0 Å². The number of hydrogen-bond acceptors (Lipinski definition) is 5. The van der Waals surface area contributed by atoms with Crippen LogP contribution in [0.15, 0.2) is 181 Å². The molecule has 7 rings (SSSR count). The zero-order valence-electron chi connectivity index (χ0n) is 36.7. The van der Waals surface area contributed by atoms with Crippen molar-refractivity contribution in [3.63, 3.8) is 0 Å². The predicted octanol–water partition coefficient (Wildman–Crippen LogP) is 14.6. The minimum absolute atomic E-state index is 0.0488. The monoisotopic (exact) mass is 850 g/mol. The van der Waals surface area contributed by atoms with Gasteiger partial charge in [-0.1, -0.05) is 149 Å². The van der Waals surface area contributed by atoms with Crippen molar-refractivity contribution in [1.29, 1.82) is 5.26 Å². The SMILES string of the molecule is CCCNc1ccc(Cl)cc1C(C/C=C/C(C#N)=C/C=C1/N(CCC)c2ccc(-c3ccccc3)cc2C1(C)C)(Cc1ccc(-c2ccccc2)cc1)Cc1cccc([N+](=O)[O-])c1. The molecule has 1 aliphatic rings. The summed E-state index contributed by atoms with van der Waals surface area (Å²) >= 11 is 6.86. The highest BCUT2D eigenvalue weighted by atomic mass is 35.5. The standard InChI is InChI=1S/C56H55ClN4O2/c1-5-33-59-52-29-28-48(57)37-50(52)56(39-43-15-13-21-49(35-43)61(62)63,38-41-22-25-46(26-23-41)44-17-9-7-10-18-44)32-14-16-42(40-58)24-31-54-55(3,4)51-36-47(45-19-11-8-12-20-45)27-30-53(51)60(54)34-6-2/h7-31,35-37,59H,5-6,32-34,38-39H2,1-4H3/b16-14+,42-24-,54-31+. The Balaban J connectivity index is 1.30. The molecule has 0 fully saturated rings. The lowest BCUT2D eigenvalue weighted by Gasteiger charge is -2.36. The van der Waals surface area contributed by atoms with Crippen LogP contribution in [0.2, 0.25) is 5.02 Å². The number of hydrogen-bond donors (Lipinski definition) is 1. The summed E-state index contributed by atoms with van der Waals surface area (Å²) in [6, 6.07) is 51.6. The average molecular weight is 852 g/mol. The maximum absolute atomic E-state index is 12.0. The molecule has 1 atom stereocenters. The number of fused-ring (bicyclic) bond motifs is 1. The molecule has 1 unspecified atom stereocenters. The Morgan fingerprint density at radius 1 is 0.794 bits per heavy atom. The van der Waals surface area contributed by atoms with Gasteiger partial charge >= 0.3 is 0 Å². The molecular weight excluding hydrogens is 796 g/mol. The second kappa shape index (κ2) is 20.0. The first kappa shape index (κ1) is 44.4. The molecule has 63 heavy (non-hydrogen) atoms. The summed E-state index contributed by atoms with van der Waals surface area (Å²) in [6.45, 7) is 10.5. The fourth-order valence-electron chi connectivity index (χ4n) is 9.04. The molecule has 0 bridgehead atoms. The number of non-ortho nitro benzene ring substituents is 1. The van der Waals surface area contributed by atoms with E-state index in [0.717, 1.165) is 65.1 Å². The maximum atomic E-state index is 12.0. The van der Waals surface area contributed by atoms with Crippen molar-refractivity contribution in [2.24, 2.45) is 0 Å². The molecule has 1 N–H and O–H groups in total. The molecule has 0 amide bonds. The van der Waals surface area contributed by atoms with Gasteiger partial charge < -0.3 is 10.2 Å². The summed E-state index contributed by atoms with van der Waals surface area (Å²) < 4.78 is 0.